The van der Waals surface area contributed by atoms with E-state index in [2.05, 4.69) is 0 Å². The van der Waals surface area contributed by atoms with Crippen LogP contribution in [0.1, 0.15) is 83.5 Å². The van der Waals surface area contributed by atoms with E-state index in [1.165, 1.54) is 51.4 Å². The van der Waals surface area contributed by atoms with Crippen molar-refractivity contribution in [2.75, 3.05) is 19.8 Å². The lowest BCUT2D eigenvalue weighted by Gasteiger charge is -2.08. The van der Waals surface area contributed by atoms with Gasteiger partial charge in [0.2, 0.25) is 0 Å². The summed E-state index contributed by atoms with van der Waals surface area (Å²) in [7, 11) is 0. The molecule has 0 saturated heterocycles. The molecule has 0 spiro atoms. The van der Waals surface area contributed by atoms with Crippen molar-refractivity contribution in [3.63, 3.8) is 0 Å². The molecule has 0 heterocycles. The van der Waals surface area contributed by atoms with E-state index >= 15 is 0 Å². The second-order valence-corrected chi connectivity index (χ2v) is 6.30. The van der Waals surface area contributed by atoms with Crippen LogP contribution in [0.15, 0.2) is 0 Å². The molecule has 0 bridgehead atoms. The van der Waals surface area contributed by atoms with Crippen LogP contribution in [0.4, 0.5) is 0 Å². The largest absolute Gasteiger partial charge is 0.481 e. The van der Waals surface area contributed by atoms with Crippen LogP contribution in [0.3, 0.4) is 0 Å². The molecule has 0 amide bonds. The highest BCUT2D eigenvalue weighted by Crippen LogP contribution is 2.12. The van der Waals surface area contributed by atoms with Gasteiger partial charge >= 0.3 is 5.97 Å². The highest BCUT2D eigenvalue weighted by molar-refractivity contribution is 5.66. The molecule has 0 rings (SSSR count). The molecule has 23 heavy (non-hydrogen) atoms. The van der Waals surface area contributed by atoms with Crippen LogP contribution in [0, 0.1) is 0 Å². The average Bonchev–Trinajstić information content (AvgIpc) is 2.53. The van der Waals surface area contributed by atoms with Gasteiger partial charge in [-0.1, -0.05) is 64.2 Å². The van der Waals surface area contributed by atoms with Crippen LogP contribution in [-0.2, 0) is 9.53 Å². The highest BCUT2D eigenvalue weighted by Gasteiger charge is 2.00. The summed E-state index contributed by atoms with van der Waals surface area (Å²) < 4.78 is 5.26. The minimum Gasteiger partial charge on any atom is -0.481 e. The predicted molar refractivity (Wildman–Crippen MR) is 91.6 cm³/mol. The van der Waals surface area contributed by atoms with Crippen molar-refractivity contribution >= 4 is 5.97 Å². The van der Waals surface area contributed by atoms with Gasteiger partial charge in [-0.25, -0.2) is 0 Å². The van der Waals surface area contributed by atoms with Gasteiger partial charge in [0.1, 0.15) is 6.10 Å². The molecule has 0 aromatic rings. The number of ether oxygens (including phenoxy) is 1. The van der Waals surface area contributed by atoms with Crippen LogP contribution < -0.4 is 0 Å². The van der Waals surface area contributed by atoms with Crippen molar-refractivity contribution in [1.29, 1.82) is 0 Å². The van der Waals surface area contributed by atoms with Gasteiger partial charge in [-0.2, -0.15) is 0 Å². The first kappa shape index (κ1) is 22.4. The number of rotatable bonds is 18. The van der Waals surface area contributed by atoms with Gasteiger partial charge in [-0.15, -0.1) is 0 Å². The van der Waals surface area contributed by atoms with Crippen molar-refractivity contribution < 1.29 is 24.9 Å². The summed E-state index contributed by atoms with van der Waals surface area (Å²) in [4.78, 5) is 10.3. The van der Waals surface area contributed by atoms with Crippen molar-refractivity contribution in [3.05, 3.63) is 0 Å². The summed E-state index contributed by atoms with van der Waals surface area (Å²) in [5.74, 6) is -0.681. The number of hydrogen-bond acceptors (Lipinski definition) is 4. The highest BCUT2D eigenvalue weighted by atomic mass is 16.5. The molecule has 138 valence electrons. The Hall–Kier alpha value is -0.650. The summed E-state index contributed by atoms with van der Waals surface area (Å²) in [6, 6.07) is 0. The quantitative estimate of drug-likeness (QED) is 0.334. The van der Waals surface area contributed by atoms with Gasteiger partial charge in [0.25, 0.3) is 0 Å². The molecule has 5 heteroatoms. The van der Waals surface area contributed by atoms with Crippen molar-refractivity contribution in [2.45, 2.75) is 89.6 Å². The molecule has 3 N–H and O–H groups in total. The Balaban J connectivity index is 3.01. The maximum Gasteiger partial charge on any atom is 0.303 e. The fourth-order valence-corrected chi connectivity index (χ4v) is 2.52. The third-order valence-corrected chi connectivity index (χ3v) is 3.95. The standard InChI is InChI=1S/C18H36O5/c19-15-17(20)16-23-14-12-10-8-6-4-2-1-3-5-7-9-11-13-18(21)22/h17,19-20H,1-16H2,(H,21,22). The van der Waals surface area contributed by atoms with Gasteiger partial charge in [-0.05, 0) is 12.8 Å². The number of aliphatic carboxylic acids is 1. The second kappa shape index (κ2) is 17.7. The Labute approximate surface area is 141 Å². The van der Waals surface area contributed by atoms with Crippen molar-refractivity contribution in [2.24, 2.45) is 0 Å². The number of unbranched alkanes of at least 4 members (excludes halogenated alkanes) is 11. The van der Waals surface area contributed by atoms with Gasteiger partial charge in [0.15, 0.2) is 0 Å². The number of aliphatic hydroxyl groups excluding tert-OH is 2. The maximum atomic E-state index is 10.3. The van der Waals surface area contributed by atoms with E-state index in [9.17, 15) is 4.79 Å². The number of carbonyl (C=O) groups is 1. The molecule has 1 atom stereocenters. The fraction of sp³-hybridized carbons (Fsp3) is 0.944. The molecule has 0 aliphatic rings. The van der Waals surface area contributed by atoms with E-state index in [4.69, 9.17) is 20.1 Å². The zero-order valence-electron chi connectivity index (χ0n) is 14.5. The number of carboxylic acid groups (broad SMARTS) is 1. The van der Waals surface area contributed by atoms with Gasteiger partial charge in [0, 0.05) is 13.0 Å². The fourth-order valence-electron chi connectivity index (χ4n) is 2.52. The SMILES string of the molecule is O=C(O)CCCCCCCCCCCCCCOCC(O)CO. The molecular formula is C18H36O5. The minimum absolute atomic E-state index is 0.229. The molecule has 0 radical (unpaired) electrons. The van der Waals surface area contributed by atoms with Crippen LogP contribution in [0.5, 0.6) is 0 Å². The number of hydrogen-bond donors (Lipinski definition) is 3. The van der Waals surface area contributed by atoms with Gasteiger partial charge in [-0.3, -0.25) is 4.79 Å². The Morgan fingerprint density at radius 3 is 1.65 bits per heavy atom. The van der Waals surface area contributed by atoms with E-state index in [1.807, 2.05) is 0 Å². The van der Waals surface area contributed by atoms with Crippen molar-refractivity contribution in [3.8, 4) is 0 Å². The van der Waals surface area contributed by atoms with Crippen LogP contribution in [0.2, 0.25) is 0 Å². The lowest BCUT2D eigenvalue weighted by molar-refractivity contribution is -0.137. The average molecular weight is 332 g/mol. The van der Waals surface area contributed by atoms with Crippen LogP contribution >= 0.6 is 0 Å². The normalized spacial score (nSPS) is 12.4. The Bertz CT molecular complexity index is 258. The van der Waals surface area contributed by atoms with Crippen LogP contribution in [0.25, 0.3) is 0 Å². The molecule has 0 fully saturated rings. The Morgan fingerprint density at radius 2 is 1.22 bits per heavy atom. The summed E-state index contributed by atoms with van der Waals surface area (Å²) in [5.41, 5.74) is 0. The third-order valence-electron chi connectivity index (χ3n) is 3.95. The molecule has 1 unspecified atom stereocenters. The zero-order valence-corrected chi connectivity index (χ0v) is 14.5. The van der Waals surface area contributed by atoms with Crippen LogP contribution in [-0.4, -0.2) is 47.2 Å². The molecule has 0 saturated carbocycles. The minimum atomic E-state index is -0.743. The van der Waals surface area contributed by atoms with E-state index in [0.29, 0.717) is 13.0 Å². The van der Waals surface area contributed by atoms with Crippen molar-refractivity contribution in [1.82, 2.24) is 0 Å². The monoisotopic (exact) mass is 332 g/mol. The second-order valence-electron chi connectivity index (χ2n) is 6.30. The lowest BCUT2D eigenvalue weighted by atomic mass is 10.0. The molecule has 0 aliphatic heterocycles. The Kier molecular flexibility index (Phi) is 17.2. The maximum absolute atomic E-state index is 10.3. The lowest BCUT2D eigenvalue weighted by Crippen LogP contribution is -2.19. The van der Waals surface area contributed by atoms with E-state index < -0.39 is 12.1 Å². The summed E-state index contributed by atoms with van der Waals surface area (Å²) in [6.07, 6.45) is 13.7. The smallest absolute Gasteiger partial charge is 0.303 e. The first-order valence-corrected chi connectivity index (χ1v) is 9.25. The summed E-state index contributed by atoms with van der Waals surface area (Å²) in [6.45, 7) is 0.661. The van der Waals surface area contributed by atoms with Gasteiger partial charge in [0.05, 0.1) is 13.2 Å². The van der Waals surface area contributed by atoms with E-state index in [1.54, 1.807) is 0 Å². The number of carboxylic acids is 1. The molecule has 0 aromatic heterocycles. The zero-order chi connectivity index (χ0) is 17.2. The summed E-state index contributed by atoms with van der Waals surface area (Å²) in [5, 5.41) is 26.2. The first-order chi connectivity index (χ1) is 11.2. The Morgan fingerprint density at radius 1 is 0.783 bits per heavy atom. The third kappa shape index (κ3) is 19.3. The molecule has 0 aromatic carbocycles. The molecule has 0 aliphatic carbocycles. The van der Waals surface area contributed by atoms with Gasteiger partial charge < -0.3 is 20.1 Å². The molecule has 5 nitrogen and oxygen atoms in total. The number of aliphatic hydroxyl groups is 2. The van der Waals surface area contributed by atoms with E-state index in [-0.39, 0.29) is 13.2 Å². The summed E-state index contributed by atoms with van der Waals surface area (Å²) >= 11 is 0. The topological polar surface area (TPSA) is 87.0 Å². The first-order valence-electron chi connectivity index (χ1n) is 9.25. The van der Waals surface area contributed by atoms with E-state index in [0.717, 1.165) is 25.7 Å². The molecular weight excluding hydrogens is 296 g/mol. The predicted octanol–water partition coefficient (Wildman–Crippen LogP) is 3.51.